The van der Waals surface area contributed by atoms with E-state index >= 15 is 0 Å². The van der Waals surface area contributed by atoms with Crippen molar-refractivity contribution in [2.75, 3.05) is 0 Å². The van der Waals surface area contributed by atoms with E-state index in [1.807, 2.05) is 0 Å². The summed E-state index contributed by atoms with van der Waals surface area (Å²) in [5.41, 5.74) is -3.22. The van der Waals surface area contributed by atoms with Crippen molar-refractivity contribution in [3.8, 4) is 0 Å². The van der Waals surface area contributed by atoms with E-state index in [0.717, 1.165) is 24.3 Å². The summed E-state index contributed by atoms with van der Waals surface area (Å²) in [5.74, 6) is 0. The smallest absolute Gasteiger partial charge is 0.282 e. The summed E-state index contributed by atoms with van der Waals surface area (Å²) in [5, 5.41) is 22.2. The SMILES string of the molecule is O=[N+]([O-])c1ccc(C=Cc2ccccc2S(=O)(=O)O)c(S(=O)(=O)O)c1[N+](=O)[O-]. The molecule has 0 aromatic heterocycles. The summed E-state index contributed by atoms with van der Waals surface area (Å²) >= 11 is 0. The van der Waals surface area contributed by atoms with Gasteiger partial charge in [0, 0.05) is 11.6 Å². The number of benzene rings is 2. The molecule has 0 saturated heterocycles. The van der Waals surface area contributed by atoms with Crippen LogP contribution >= 0.6 is 0 Å². The van der Waals surface area contributed by atoms with Crippen molar-refractivity contribution in [1.82, 2.24) is 0 Å². The Morgan fingerprint density at radius 2 is 1.36 bits per heavy atom. The fraction of sp³-hybridized carbons (Fsp3) is 0. The van der Waals surface area contributed by atoms with Crippen LogP contribution in [0.25, 0.3) is 12.2 Å². The van der Waals surface area contributed by atoms with E-state index < -0.39 is 56.8 Å². The molecular weight excluding hydrogens is 420 g/mol. The van der Waals surface area contributed by atoms with E-state index in [1.54, 1.807) is 0 Å². The maximum absolute atomic E-state index is 11.7. The van der Waals surface area contributed by atoms with Crippen molar-refractivity contribution in [3.63, 3.8) is 0 Å². The molecule has 0 aliphatic rings. The van der Waals surface area contributed by atoms with Gasteiger partial charge < -0.3 is 0 Å². The Hall–Kier alpha value is -3.20. The maximum atomic E-state index is 11.7. The lowest BCUT2D eigenvalue weighted by atomic mass is 10.1. The van der Waals surface area contributed by atoms with Gasteiger partial charge in [0.15, 0.2) is 4.90 Å². The molecule has 148 valence electrons. The molecule has 0 spiro atoms. The Labute approximate surface area is 157 Å². The highest BCUT2D eigenvalue weighted by Gasteiger charge is 2.36. The molecular formula is C14H10N2O10S2. The van der Waals surface area contributed by atoms with E-state index in [2.05, 4.69) is 0 Å². The second kappa shape index (κ2) is 7.43. The molecule has 0 saturated carbocycles. The molecule has 0 bridgehead atoms. The average Bonchev–Trinajstić information content (AvgIpc) is 2.57. The highest BCUT2D eigenvalue weighted by Crippen LogP contribution is 2.37. The fourth-order valence-electron chi connectivity index (χ4n) is 2.34. The van der Waals surface area contributed by atoms with Gasteiger partial charge in [-0.2, -0.15) is 16.8 Å². The van der Waals surface area contributed by atoms with Gasteiger partial charge in [-0.15, -0.1) is 0 Å². The molecule has 2 aromatic carbocycles. The zero-order valence-corrected chi connectivity index (χ0v) is 15.1. The summed E-state index contributed by atoms with van der Waals surface area (Å²) in [6, 6.07) is 6.50. The van der Waals surface area contributed by atoms with Gasteiger partial charge in [0.2, 0.25) is 0 Å². The summed E-state index contributed by atoms with van der Waals surface area (Å²) in [6.45, 7) is 0. The second-order valence-electron chi connectivity index (χ2n) is 5.19. The quantitative estimate of drug-likeness (QED) is 0.296. The minimum Gasteiger partial charge on any atom is -0.282 e. The minimum absolute atomic E-state index is 0.104. The summed E-state index contributed by atoms with van der Waals surface area (Å²) < 4.78 is 64.6. The van der Waals surface area contributed by atoms with Crippen LogP contribution in [0.2, 0.25) is 0 Å². The Morgan fingerprint density at radius 3 is 1.86 bits per heavy atom. The molecule has 0 aliphatic carbocycles. The molecule has 12 nitrogen and oxygen atoms in total. The van der Waals surface area contributed by atoms with E-state index in [1.165, 1.54) is 18.2 Å². The standard InChI is InChI=1S/C14H10N2O10S2/c17-15(18)11-8-7-10(14(28(24,25)26)13(11)16(19)20)6-5-9-3-1-2-4-12(9)27(21,22)23/h1-8H,(H,21,22,23)(H,24,25,26). The molecule has 0 unspecified atom stereocenters. The van der Waals surface area contributed by atoms with Gasteiger partial charge in [-0.05, 0) is 17.7 Å². The molecule has 0 aliphatic heterocycles. The highest BCUT2D eigenvalue weighted by atomic mass is 32.2. The Morgan fingerprint density at radius 1 is 0.786 bits per heavy atom. The van der Waals surface area contributed by atoms with Gasteiger partial charge in [-0.25, -0.2) is 0 Å². The molecule has 2 N–H and O–H groups in total. The highest BCUT2D eigenvalue weighted by molar-refractivity contribution is 7.86. The van der Waals surface area contributed by atoms with Crippen LogP contribution in [0.5, 0.6) is 0 Å². The molecule has 0 atom stereocenters. The zero-order chi connectivity index (χ0) is 21.3. The number of nitro groups is 2. The number of nitrogens with zero attached hydrogens (tertiary/aromatic N) is 2. The Kier molecular flexibility index (Phi) is 5.60. The summed E-state index contributed by atoms with van der Waals surface area (Å²) in [6.07, 6.45) is 1.90. The van der Waals surface area contributed by atoms with E-state index in [9.17, 15) is 46.2 Å². The lowest BCUT2D eigenvalue weighted by molar-refractivity contribution is -0.424. The van der Waals surface area contributed by atoms with Crippen molar-refractivity contribution in [3.05, 3.63) is 67.8 Å². The van der Waals surface area contributed by atoms with Crippen molar-refractivity contribution >= 4 is 43.8 Å². The van der Waals surface area contributed by atoms with Gasteiger partial charge in [0.05, 0.1) is 9.85 Å². The van der Waals surface area contributed by atoms with E-state index in [0.29, 0.717) is 6.07 Å². The van der Waals surface area contributed by atoms with Crippen LogP contribution < -0.4 is 0 Å². The molecule has 2 aromatic rings. The molecule has 0 radical (unpaired) electrons. The van der Waals surface area contributed by atoms with Crippen molar-refractivity contribution in [2.45, 2.75) is 9.79 Å². The largest absolute Gasteiger partial charge is 0.367 e. The first-order chi connectivity index (χ1) is 12.8. The third kappa shape index (κ3) is 4.37. The minimum atomic E-state index is -5.27. The van der Waals surface area contributed by atoms with Crippen LogP contribution in [0, 0.1) is 20.2 Å². The van der Waals surface area contributed by atoms with Crippen LogP contribution in [-0.4, -0.2) is 35.8 Å². The number of hydrogen-bond donors (Lipinski definition) is 2. The predicted octanol–water partition coefficient (Wildman–Crippen LogP) is 2.17. The van der Waals surface area contributed by atoms with Gasteiger partial charge in [0.1, 0.15) is 4.90 Å². The Bertz CT molecular complexity index is 1220. The topological polar surface area (TPSA) is 195 Å². The summed E-state index contributed by atoms with van der Waals surface area (Å²) in [7, 11) is -9.91. The van der Waals surface area contributed by atoms with Crippen LogP contribution in [0.3, 0.4) is 0 Å². The molecule has 0 fully saturated rings. The first-order valence-corrected chi connectivity index (χ1v) is 9.90. The molecule has 2 rings (SSSR count). The van der Waals surface area contributed by atoms with Gasteiger partial charge >= 0.3 is 21.5 Å². The summed E-state index contributed by atoms with van der Waals surface area (Å²) in [4.78, 5) is 17.8. The van der Waals surface area contributed by atoms with Crippen molar-refractivity contribution in [2.24, 2.45) is 0 Å². The average molecular weight is 430 g/mol. The number of nitro benzene ring substituents is 2. The predicted molar refractivity (Wildman–Crippen MR) is 94.8 cm³/mol. The monoisotopic (exact) mass is 430 g/mol. The fourth-order valence-corrected chi connectivity index (χ4v) is 3.88. The first-order valence-electron chi connectivity index (χ1n) is 7.02. The van der Waals surface area contributed by atoms with Gasteiger partial charge in [-0.1, -0.05) is 30.4 Å². The van der Waals surface area contributed by atoms with Gasteiger partial charge in [-0.3, -0.25) is 29.3 Å². The third-order valence-corrected chi connectivity index (χ3v) is 5.29. The van der Waals surface area contributed by atoms with Crippen LogP contribution in [-0.2, 0) is 20.2 Å². The lowest BCUT2D eigenvalue weighted by Gasteiger charge is -2.06. The second-order valence-corrected chi connectivity index (χ2v) is 7.94. The van der Waals surface area contributed by atoms with Crippen LogP contribution in [0.1, 0.15) is 11.1 Å². The Balaban J connectivity index is 2.79. The van der Waals surface area contributed by atoms with Crippen molar-refractivity contribution in [1.29, 1.82) is 0 Å². The van der Waals surface area contributed by atoms with E-state index in [-0.39, 0.29) is 5.56 Å². The maximum Gasteiger partial charge on any atom is 0.367 e. The molecule has 0 amide bonds. The molecule has 28 heavy (non-hydrogen) atoms. The van der Waals surface area contributed by atoms with Crippen LogP contribution in [0.4, 0.5) is 11.4 Å². The van der Waals surface area contributed by atoms with Gasteiger partial charge in [0.25, 0.3) is 10.1 Å². The molecule has 0 heterocycles. The van der Waals surface area contributed by atoms with Crippen molar-refractivity contribution < 1.29 is 35.8 Å². The van der Waals surface area contributed by atoms with Crippen LogP contribution in [0.15, 0.2) is 46.2 Å². The normalized spacial score (nSPS) is 12.2. The first kappa shape index (κ1) is 21.1. The lowest BCUT2D eigenvalue weighted by Crippen LogP contribution is -2.08. The van der Waals surface area contributed by atoms with E-state index in [4.69, 9.17) is 0 Å². The number of hydrogen-bond acceptors (Lipinski definition) is 8. The third-order valence-electron chi connectivity index (χ3n) is 3.42. The molecule has 14 heteroatoms. The zero-order valence-electron chi connectivity index (χ0n) is 13.5. The number of rotatable bonds is 6.